The van der Waals surface area contributed by atoms with Crippen molar-refractivity contribution in [2.24, 2.45) is 0 Å². The summed E-state index contributed by atoms with van der Waals surface area (Å²) in [5.41, 5.74) is 1.19. The minimum absolute atomic E-state index is 0.0527. The molecule has 0 bridgehead atoms. The fourth-order valence-electron chi connectivity index (χ4n) is 1.60. The van der Waals surface area contributed by atoms with Gasteiger partial charge in [-0.2, -0.15) is 0 Å². The summed E-state index contributed by atoms with van der Waals surface area (Å²) in [6.07, 6.45) is 0. The van der Waals surface area contributed by atoms with Crippen LogP contribution in [-0.2, 0) is 0 Å². The number of carbonyl (C=O) groups excluding carboxylic acids is 1. The Balaban J connectivity index is 2.12. The molecule has 1 aromatic carbocycles. The second-order valence-corrected chi connectivity index (χ2v) is 4.90. The number of urea groups is 1. The Labute approximate surface area is 118 Å². The van der Waals surface area contributed by atoms with Gasteiger partial charge >= 0.3 is 12.0 Å². The van der Waals surface area contributed by atoms with Gasteiger partial charge in [0.15, 0.2) is 0 Å². The van der Waals surface area contributed by atoms with E-state index in [2.05, 4.69) is 10.6 Å². The third-order valence-corrected chi connectivity index (χ3v) is 3.58. The van der Waals surface area contributed by atoms with Gasteiger partial charge < -0.3 is 15.7 Å². The van der Waals surface area contributed by atoms with Crippen molar-refractivity contribution in [3.05, 3.63) is 45.9 Å². The van der Waals surface area contributed by atoms with Crippen LogP contribution in [0.3, 0.4) is 0 Å². The lowest BCUT2D eigenvalue weighted by Crippen LogP contribution is -2.20. The number of benzene rings is 1. The highest BCUT2D eigenvalue weighted by atomic mass is 32.1. The van der Waals surface area contributed by atoms with Gasteiger partial charge in [0.1, 0.15) is 10.7 Å². The molecule has 0 atom stereocenters. The van der Waals surface area contributed by atoms with Crippen LogP contribution in [0.1, 0.15) is 15.2 Å². The number of carbonyl (C=O) groups is 2. The van der Waals surface area contributed by atoms with Crippen molar-refractivity contribution >= 4 is 34.7 Å². The Morgan fingerprint density at radius 3 is 2.70 bits per heavy atom. The first-order valence-corrected chi connectivity index (χ1v) is 6.50. The van der Waals surface area contributed by atoms with E-state index < -0.39 is 17.8 Å². The molecule has 0 saturated carbocycles. The Hall–Kier alpha value is -2.41. The predicted molar refractivity (Wildman–Crippen MR) is 75.1 cm³/mol. The number of thiophene rings is 1. The highest BCUT2D eigenvalue weighted by Gasteiger charge is 2.17. The molecule has 0 radical (unpaired) electrons. The van der Waals surface area contributed by atoms with Crippen molar-refractivity contribution in [3.8, 4) is 0 Å². The molecule has 2 rings (SSSR count). The van der Waals surface area contributed by atoms with E-state index in [-0.39, 0.29) is 16.3 Å². The third kappa shape index (κ3) is 3.12. The molecule has 2 amide bonds. The zero-order valence-corrected chi connectivity index (χ0v) is 11.3. The zero-order valence-electron chi connectivity index (χ0n) is 10.4. The van der Waals surface area contributed by atoms with E-state index in [1.807, 2.05) is 0 Å². The van der Waals surface area contributed by atoms with E-state index >= 15 is 0 Å². The maximum absolute atomic E-state index is 13.0. The predicted octanol–water partition coefficient (Wildman–Crippen LogP) is 3.54. The molecular formula is C13H11FN2O3S. The molecule has 7 heteroatoms. The number of amides is 2. The van der Waals surface area contributed by atoms with Gasteiger partial charge in [-0.25, -0.2) is 14.0 Å². The van der Waals surface area contributed by atoms with Crippen LogP contribution < -0.4 is 10.6 Å². The van der Waals surface area contributed by atoms with E-state index in [0.717, 1.165) is 17.4 Å². The van der Waals surface area contributed by atoms with Gasteiger partial charge in [0, 0.05) is 5.69 Å². The number of carboxylic acids is 1. The van der Waals surface area contributed by atoms with E-state index in [1.54, 1.807) is 12.3 Å². The second-order valence-electron chi connectivity index (χ2n) is 4.02. The Morgan fingerprint density at radius 1 is 1.30 bits per heavy atom. The van der Waals surface area contributed by atoms with Gasteiger partial charge in [0.25, 0.3) is 0 Å². The Bertz CT molecular complexity index is 669. The van der Waals surface area contributed by atoms with Crippen LogP contribution in [0.5, 0.6) is 0 Å². The molecule has 3 N–H and O–H groups in total. The van der Waals surface area contributed by atoms with Crippen molar-refractivity contribution < 1.29 is 19.1 Å². The number of hydrogen-bond acceptors (Lipinski definition) is 3. The van der Waals surface area contributed by atoms with E-state index in [9.17, 15) is 14.0 Å². The van der Waals surface area contributed by atoms with Crippen molar-refractivity contribution in [3.63, 3.8) is 0 Å². The summed E-state index contributed by atoms with van der Waals surface area (Å²) < 4.78 is 13.0. The molecule has 2 aromatic rings. The quantitative estimate of drug-likeness (QED) is 0.810. The minimum Gasteiger partial charge on any atom is -0.477 e. The summed E-state index contributed by atoms with van der Waals surface area (Å²) in [6.45, 7) is 1.70. The maximum atomic E-state index is 13.0. The van der Waals surface area contributed by atoms with Crippen LogP contribution in [0.4, 0.5) is 20.6 Å². The van der Waals surface area contributed by atoms with Gasteiger partial charge in [-0.1, -0.05) is 6.07 Å². The van der Waals surface area contributed by atoms with E-state index in [4.69, 9.17) is 5.11 Å². The number of hydrogen-bond donors (Lipinski definition) is 3. The van der Waals surface area contributed by atoms with Crippen LogP contribution >= 0.6 is 11.3 Å². The topological polar surface area (TPSA) is 78.4 Å². The van der Waals surface area contributed by atoms with Crippen molar-refractivity contribution in [2.75, 3.05) is 10.6 Å². The number of nitrogens with one attached hydrogen (secondary N) is 2. The summed E-state index contributed by atoms with van der Waals surface area (Å²) in [5.74, 6) is -1.58. The van der Waals surface area contributed by atoms with Gasteiger partial charge in [0.2, 0.25) is 0 Å². The summed E-state index contributed by atoms with van der Waals surface area (Å²) in [6, 6.07) is 4.79. The molecule has 5 nitrogen and oxygen atoms in total. The van der Waals surface area contributed by atoms with Gasteiger partial charge in [-0.05, 0) is 36.1 Å². The van der Waals surface area contributed by atoms with Crippen LogP contribution in [0.25, 0.3) is 0 Å². The number of rotatable bonds is 3. The van der Waals surface area contributed by atoms with Crippen LogP contribution in [0, 0.1) is 12.7 Å². The highest BCUT2D eigenvalue weighted by Crippen LogP contribution is 2.27. The molecule has 1 aromatic heterocycles. The zero-order chi connectivity index (χ0) is 14.7. The molecule has 0 saturated heterocycles. The lowest BCUT2D eigenvalue weighted by Gasteiger charge is -2.08. The molecule has 0 fully saturated rings. The number of halogens is 1. The molecular weight excluding hydrogens is 283 g/mol. The lowest BCUT2D eigenvalue weighted by molar-refractivity contribution is 0.0703. The smallest absolute Gasteiger partial charge is 0.348 e. The normalized spacial score (nSPS) is 10.1. The highest BCUT2D eigenvalue weighted by molar-refractivity contribution is 7.12. The number of aryl methyl sites for hydroxylation is 1. The average molecular weight is 294 g/mol. The molecule has 1 heterocycles. The second kappa shape index (κ2) is 5.70. The van der Waals surface area contributed by atoms with Crippen molar-refractivity contribution in [1.82, 2.24) is 0 Å². The summed E-state index contributed by atoms with van der Waals surface area (Å²) in [7, 11) is 0. The minimum atomic E-state index is -1.11. The standard InChI is InChI=1S/C13H11FN2O3S/c1-7-6-20-11(12(17)18)10(7)16-13(19)15-9-4-2-3-8(14)5-9/h2-6H,1H3,(H,17,18)(H2,15,16,19). The molecule has 104 valence electrons. The monoisotopic (exact) mass is 294 g/mol. The first-order valence-electron chi connectivity index (χ1n) is 5.62. The lowest BCUT2D eigenvalue weighted by atomic mass is 10.2. The van der Waals surface area contributed by atoms with Crippen LogP contribution in [0.15, 0.2) is 29.6 Å². The number of carboxylic acid groups (broad SMARTS) is 1. The first kappa shape index (κ1) is 14.0. The SMILES string of the molecule is Cc1csc(C(=O)O)c1NC(=O)Nc1cccc(F)c1. The molecule has 0 aliphatic heterocycles. The van der Waals surface area contributed by atoms with E-state index in [0.29, 0.717) is 5.56 Å². The average Bonchev–Trinajstić information content (AvgIpc) is 2.71. The third-order valence-electron chi connectivity index (χ3n) is 2.49. The molecule has 0 unspecified atom stereocenters. The fourth-order valence-corrected chi connectivity index (χ4v) is 2.44. The van der Waals surface area contributed by atoms with Crippen molar-refractivity contribution in [2.45, 2.75) is 6.92 Å². The van der Waals surface area contributed by atoms with Crippen LogP contribution in [0.2, 0.25) is 0 Å². The summed E-state index contributed by atoms with van der Waals surface area (Å²) in [5, 5.41) is 15.5. The van der Waals surface area contributed by atoms with Gasteiger partial charge in [-0.3, -0.25) is 0 Å². The number of anilines is 2. The molecule has 0 aliphatic carbocycles. The molecule has 20 heavy (non-hydrogen) atoms. The van der Waals surface area contributed by atoms with Gasteiger partial charge in [0.05, 0.1) is 5.69 Å². The van der Waals surface area contributed by atoms with Crippen molar-refractivity contribution in [1.29, 1.82) is 0 Å². The first-order chi connectivity index (χ1) is 9.47. The summed E-state index contributed by atoms with van der Waals surface area (Å²) >= 11 is 1.03. The number of aromatic carboxylic acids is 1. The largest absolute Gasteiger partial charge is 0.477 e. The van der Waals surface area contributed by atoms with E-state index in [1.165, 1.54) is 18.2 Å². The Morgan fingerprint density at radius 2 is 2.05 bits per heavy atom. The fraction of sp³-hybridized carbons (Fsp3) is 0.0769. The Kier molecular flexibility index (Phi) is 3.99. The van der Waals surface area contributed by atoms with Crippen LogP contribution in [-0.4, -0.2) is 17.1 Å². The molecule has 0 aliphatic rings. The van der Waals surface area contributed by atoms with Gasteiger partial charge in [-0.15, -0.1) is 11.3 Å². The molecule has 0 spiro atoms. The maximum Gasteiger partial charge on any atom is 0.348 e. The summed E-state index contributed by atoms with van der Waals surface area (Å²) in [4.78, 5) is 22.8.